The van der Waals surface area contributed by atoms with Gasteiger partial charge in [-0.15, -0.1) is 12.3 Å². The first-order chi connectivity index (χ1) is 9.24. The number of terminal acetylenes is 1. The maximum atomic E-state index is 11.8. The number of fused-ring (bicyclic) bond motifs is 1. The van der Waals surface area contributed by atoms with Gasteiger partial charge in [0.05, 0.1) is 13.2 Å². The zero-order chi connectivity index (χ0) is 13.3. The van der Waals surface area contributed by atoms with Gasteiger partial charge in [0, 0.05) is 32.2 Å². The minimum atomic E-state index is -0.340. The van der Waals surface area contributed by atoms with Crippen molar-refractivity contribution in [3.05, 3.63) is 0 Å². The van der Waals surface area contributed by atoms with Gasteiger partial charge in [0.25, 0.3) is 0 Å². The zero-order valence-corrected chi connectivity index (χ0v) is 11.0. The number of carbonyl (C=O) groups is 1. The summed E-state index contributed by atoms with van der Waals surface area (Å²) in [7, 11) is 0. The Morgan fingerprint density at radius 3 is 2.74 bits per heavy atom. The molecule has 3 aliphatic rings. The molecule has 3 rings (SSSR count). The van der Waals surface area contributed by atoms with Crippen LogP contribution in [0.2, 0.25) is 0 Å². The van der Waals surface area contributed by atoms with Crippen LogP contribution in [0, 0.1) is 30.1 Å². The van der Waals surface area contributed by atoms with Crippen LogP contribution in [-0.4, -0.2) is 31.3 Å². The second-order valence-electron chi connectivity index (χ2n) is 5.72. The number of hydrogen-bond acceptors (Lipinski definition) is 4. The summed E-state index contributed by atoms with van der Waals surface area (Å²) >= 11 is 0. The molecule has 2 atom stereocenters. The Morgan fingerprint density at radius 1 is 1.37 bits per heavy atom. The van der Waals surface area contributed by atoms with E-state index in [1.54, 1.807) is 0 Å². The summed E-state index contributed by atoms with van der Waals surface area (Å²) < 4.78 is 5.33. The Hall–Kier alpha value is -1.41. The molecule has 1 aliphatic carbocycles. The van der Waals surface area contributed by atoms with Crippen molar-refractivity contribution >= 4 is 5.91 Å². The van der Waals surface area contributed by atoms with Crippen molar-refractivity contribution in [3.8, 4) is 12.3 Å². The molecule has 1 amide bonds. The minimum Gasteiger partial charge on any atom is -0.381 e. The average Bonchev–Trinajstić information content (AvgIpc) is 3.29. The molecule has 1 saturated heterocycles. The lowest BCUT2D eigenvalue weighted by Gasteiger charge is -2.10. The summed E-state index contributed by atoms with van der Waals surface area (Å²) in [6.07, 6.45) is 7.82. The van der Waals surface area contributed by atoms with Crippen molar-refractivity contribution in [1.82, 2.24) is 5.32 Å². The lowest BCUT2D eigenvalue weighted by Crippen LogP contribution is -2.28. The third-order valence-electron chi connectivity index (χ3n) is 4.47. The lowest BCUT2D eigenvalue weighted by atomic mass is 10.0. The van der Waals surface area contributed by atoms with Crippen LogP contribution < -0.4 is 5.32 Å². The molecule has 0 aromatic heterocycles. The quantitative estimate of drug-likeness (QED) is 0.703. The van der Waals surface area contributed by atoms with E-state index >= 15 is 0 Å². The first-order valence-electron chi connectivity index (χ1n) is 6.96. The highest BCUT2D eigenvalue weighted by atomic mass is 16.5. The number of rotatable bonds is 7. The van der Waals surface area contributed by atoms with E-state index in [2.05, 4.69) is 21.5 Å². The minimum absolute atomic E-state index is 0.100. The molecule has 1 saturated carbocycles. The number of hydrogen-bond donors (Lipinski definition) is 1. The van der Waals surface area contributed by atoms with Crippen LogP contribution in [-0.2, 0) is 9.53 Å². The van der Waals surface area contributed by atoms with E-state index in [0.717, 1.165) is 26.2 Å². The van der Waals surface area contributed by atoms with Gasteiger partial charge in [-0.25, -0.2) is 0 Å². The van der Waals surface area contributed by atoms with Gasteiger partial charge in [-0.3, -0.25) is 4.79 Å². The van der Waals surface area contributed by atoms with E-state index in [1.165, 1.54) is 0 Å². The molecule has 0 aromatic rings. The van der Waals surface area contributed by atoms with E-state index in [-0.39, 0.29) is 11.6 Å². The molecule has 1 N–H and O–H groups in total. The van der Waals surface area contributed by atoms with Crippen LogP contribution in [0.5, 0.6) is 0 Å². The summed E-state index contributed by atoms with van der Waals surface area (Å²) in [5.41, 5.74) is -0.340. The summed E-state index contributed by atoms with van der Waals surface area (Å²) in [5.74, 6) is 4.71. The van der Waals surface area contributed by atoms with Crippen LogP contribution in [0.3, 0.4) is 0 Å². The Balaban J connectivity index is 1.30. The molecule has 2 heterocycles. The maximum Gasteiger partial charge on any atom is 0.220 e. The van der Waals surface area contributed by atoms with Crippen molar-refractivity contribution in [2.75, 3.05) is 19.8 Å². The molecule has 0 aromatic carbocycles. The number of nitrogens with one attached hydrogen (secondary N) is 1. The molecule has 0 radical (unpaired) electrons. The maximum absolute atomic E-state index is 11.8. The monoisotopic (exact) mass is 261 g/mol. The molecule has 0 bridgehead atoms. The fourth-order valence-electron chi connectivity index (χ4n) is 2.96. The van der Waals surface area contributed by atoms with Gasteiger partial charge in [-0.1, -0.05) is 0 Å². The molecule has 2 aliphatic heterocycles. The van der Waals surface area contributed by atoms with Crippen molar-refractivity contribution in [2.24, 2.45) is 28.0 Å². The largest absolute Gasteiger partial charge is 0.381 e. The van der Waals surface area contributed by atoms with Crippen molar-refractivity contribution in [1.29, 1.82) is 0 Å². The Labute approximate surface area is 113 Å². The van der Waals surface area contributed by atoms with Crippen LogP contribution in [0.1, 0.15) is 25.7 Å². The normalized spacial score (nSPS) is 32.5. The Bertz CT molecular complexity index is 424. The number of ether oxygens (including phenoxy) is 1. The highest BCUT2D eigenvalue weighted by Crippen LogP contribution is 2.50. The molecular weight excluding hydrogens is 242 g/mol. The molecular formula is C14H19N3O2. The number of nitrogens with zero attached hydrogens (tertiary/aromatic N) is 2. The summed E-state index contributed by atoms with van der Waals surface area (Å²) in [6.45, 7) is 2.54. The van der Waals surface area contributed by atoms with Gasteiger partial charge in [0.1, 0.15) is 0 Å². The van der Waals surface area contributed by atoms with Gasteiger partial charge in [0.2, 0.25) is 5.91 Å². The second kappa shape index (κ2) is 4.93. The first kappa shape index (κ1) is 12.6. The standard InChI is InChI=1S/C14H19N3O2/c1-2-3-5-14(16-17-14)6-4-13(18)15-7-10-11-8-19-9-12(10)11/h1,10-12H,3-9H2,(H,15,18). The van der Waals surface area contributed by atoms with Gasteiger partial charge in [-0.05, 0) is 17.8 Å². The first-order valence-corrected chi connectivity index (χ1v) is 6.96. The van der Waals surface area contributed by atoms with Crippen molar-refractivity contribution < 1.29 is 9.53 Å². The fraction of sp³-hybridized carbons (Fsp3) is 0.786. The van der Waals surface area contributed by atoms with Crippen LogP contribution in [0.15, 0.2) is 10.2 Å². The molecule has 2 fully saturated rings. The van der Waals surface area contributed by atoms with E-state index in [1.807, 2.05) is 0 Å². The van der Waals surface area contributed by atoms with Crippen molar-refractivity contribution in [3.63, 3.8) is 0 Å². The number of carbonyl (C=O) groups excluding carboxylic acids is 1. The topological polar surface area (TPSA) is 63.0 Å². The van der Waals surface area contributed by atoms with Gasteiger partial charge in [-0.2, -0.15) is 10.2 Å². The van der Waals surface area contributed by atoms with Crippen LogP contribution >= 0.6 is 0 Å². The van der Waals surface area contributed by atoms with Crippen molar-refractivity contribution in [2.45, 2.75) is 31.3 Å². The van der Waals surface area contributed by atoms with E-state index < -0.39 is 0 Å². The Morgan fingerprint density at radius 2 is 2.11 bits per heavy atom. The molecule has 2 unspecified atom stereocenters. The third kappa shape index (κ3) is 2.79. The van der Waals surface area contributed by atoms with E-state index in [4.69, 9.17) is 11.2 Å². The Kier molecular flexibility index (Phi) is 3.28. The van der Waals surface area contributed by atoms with Gasteiger partial charge >= 0.3 is 0 Å². The third-order valence-corrected chi connectivity index (χ3v) is 4.47. The smallest absolute Gasteiger partial charge is 0.220 e. The SMILES string of the molecule is C#CCCC1(CCC(=O)NCC2C3COCC23)N=N1. The molecule has 0 spiro atoms. The molecule has 102 valence electrons. The molecule has 5 nitrogen and oxygen atoms in total. The van der Waals surface area contributed by atoms with Gasteiger partial charge in [0.15, 0.2) is 5.66 Å². The average molecular weight is 261 g/mol. The predicted octanol–water partition coefficient (Wildman–Crippen LogP) is 1.35. The van der Waals surface area contributed by atoms with E-state index in [0.29, 0.717) is 37.0 Å². The highest BCUT2D eigenvalue weighted by molar-refractivity contribution is 5.76. The summed E-state index contributed by atoms with van der Waals surface area (Å²) in [6, 6.07) is 0. The zero-order valence-electron chi connectivity index (χ0n) is 11.0. The van der Waals surface area contributed by atoms with Gasteiger partial charge < -0.3 is 10.1 Å². The lowest BCUT2D eigenvalue weighted by molar-refractivity contribution is -0.121. The van der Waals surface area contributed by atoms with Crippen LogP contribution in [0.4, 0.5) is 0 Å². The highest BCUT2D eigenvalue weighted by Gasteiger charge is 2.53. The number of amides is 1. The molecule has 5 heteroatoms. The van der Waals surface area contributed by atoms with E-state index in [9.17, 15) is 4.79 Å². The predicted molar refractivity (Wildman–Crippen MR) is 69.2 cm³/mol. The molecule has 19 heavy (non-hydrogen) atoms. The second-order valence-corrected chi connectivity index (χ2v) is 5.72. The van der Waals surface area contributed by atoms with Crippen LogP contribution in [0.25, 0.3) is 0 Å². The summed E-state index contributed by atoms with van der Waals surface area (Å²) in [4.78, 5) is 11.8. The fourth-order valence-corrected chi connectivity index (χ4v) is 2.96. The summed E-state index contributed by atoms with van der Waals surface area (Å²) in [5, 5.41) is 11.1.